The maximum Gasteiger partial charge on any atom is 0.175 e. The third-order valence-corrected chi connectivity index (χ3v) is 3.15. The molecule has 15 heavy (non-hydrogen) atoms. The molecule has 0 fully saturated rings. The van der Waals surface area contributed by atoms with Crippen molar-refractivity contribution in [3.63, 3.8) is 0 Å². The molecule has 0 aliphatic carbocycles. The Morgan fingerprint density at radius 3 is 2.60 bits per heavy atom. The number of rotatable bonds is 3. The van der Waals surface area contributed by atoms with Gasteiger partial charge >= 0.3 is 0 Å². The molecule has 0 aliphatic rings. The van der Waals surface area contributed by atoms with Crippen molar-refractivity contribution in [3.8, 4) is 11.8 Å². The molecule has 0 radical (unpaired) electrons. The summed E-state index contributed by atoms with van der Waals surface area (Å²) >= 11 is 0. The zero-order chi connectivity index (χ0) is 11.5. The lowest BCUT2D eigenvalue weighted by Crippen LogP contribution is -2.04. The van der Waals surface area contributed by atoms with Gasteiger partial charge in [0.2, 0.25) is 0 Å². The van der Waals surface area contributed by atoms with Crippen LogP contribution in [-0.4, -0.2) is 21.8 Å². The summed E-state index contributed by atoms with van der Waals surface area (Å²) in [5.41, 5.74) is 0.421. The van der Waals surface area contributed by atoms with Gasteiger partial charge < -0.3 is 4.74 Å². The lowest BCUT2D eigenvalue weighted by molar-refractivity contribution is 0.409. The average Bonchev–Trinajstić information content (AvgIpc) is 2.17. The van der Waals surface area contributed by atoms with E-state index in [1.807, 2.05) is 6.07 Å². The van der Waals surface area contributed by atoms with E-state index in [0.29, 0.717) is 11.3 Å². The van der Waals surface area contributed by atoms with E-state index in [0.717, 1.165) is 6.26 Å². The predicted octanol–water partition coefficient (Wildman–Crippen LogP) is 1.16. The average molecular weight is 225 g/mol. The minimum Gasteiger partial charge on any atom is -0.496 e. The fourth-order valence-corrected chi connectivity index (χ4v) is 2.28. The first-order valence-electron chi connectivity index (χ1n) is 4.23. The predicted molar refractivity (Wildman–Crippen MR) is 55.4 cm³/mol. The minimum absolute atomic E-state index is 0.0203. The van der Waals surface area contributed by atoms with E-state index in [4.69, 9.17) is 10.00 Å². The number of nitriles is 1. The molecule has 1 aromatic rings. The maximum atomic E-state index is 11.4. The quantitative estimate of drug-likeness (QED) is 0.774. The number of nitrogens with zero attached hydrogens (tertiary/aromatic N) is 1. The first kappa shape index (κ1) is 11.5. The van der Waals surface area contributed by atoms with Crippen molar-refractivity contribution in [2.45, 2.75) is 11.3 Å². The third-order valence-electron chi connectivity index (χ3n) is 1.97. The van der Waals surface area contributed by atoms with Gasteiger partial charge in [0.15, 0.2) is 9.84 Å². The Morgan fingerprint density at radius 1 is 1.47 bits per heavy atom. The highest BCUT2D eigenvalue weighted by molar-refractivity contribution is 7.90. The second-order valence-electron chi connectivity index (χ2n) is 3.04. The summed E-state index contributed by atoms with van der Waals surface area (Å²) in [6.45, 7) is 0. The van der Waals surface area contributed by atoms with E-state index in [-0.39, 0.29) is 11.3 Å². The van der Waals surface area contributed by atoms with Crippen LogP contribution in [0.15, 0.2) is 23.1 Å². The van der Waals surface area contributed by atoms with E-state index in [9.17, 15) is 8.42 Å². The number of hydrogen-bond acceptors (Lipinski definition) is 4. The van der Waals surface area contributed by atoms with Crippen molar-refractivity contribution in [3.05, 3.63) is 23.8 Å². The van der Waals surface area contributed by atoms with E-state index < -0.39 is 9.84 Å². The fraction of sp³-hybridized carbons (Fsp3) is 0.300. The first-order chi connectivity index (χ1) is 7.00. The van der Waals surface area contributed by atoms with Crippen molar-refractivity contribution >= 4 is 9.84 Å². The van der Waals surface area contributed by atoms with Crippen LogP contribution < -0.4 is 4.74 Å². The van der Waals surface area contributed by atoms with Gasteiger partial charge in [0.1, 0.15) is 5.75 Å². The van der Waals surface area contributed by atoms with Crippen molar-refractivity contribution in [2.75, 3.05) is 13.4 Å². The SMILES string of the molecule is COc1cccc(S(C)(=O)=O)c1CC#N. The van der Waals surface area contributed by atoms with Gasteiger partial charge in [-0.05, 0) is 12.1 Å². The van der Waals surface area contributed by atoms with Crippen LogP contribution in [0.2, 0.25) is 0 Å². The van der Waals surface area contributed by atoms with Crippen molar-refractivity contribution in [1.82, 2.24) is 0 Å². The Bertz CT molecular complexity index is 500. The van der Waals surface area contributed by atoms with Crippen LogP contribution in [0, 0.1) is 11.3 Å². The second-order valence-corrected chi connectivity index (χ2v) is 5.03. The molecule has 0 unspecified atom stereocenters. The molecule has 0 atom stereocenters. The van der Waals surface area contributed by atoms with Gasteiger partial charge in [0.25, 0.3) is 0 Å². The molecular formula is C10H11NO3S. The monoisotopic (exact) mass is 225 g/mol. The number of methoxy groups -OCH3 is 1. The van der Waals surface area contributed by atoms with Crippen LogP contribution in [0.25, 0.3) is 0 Å². The van der Waals surface area contributed by atoms with Crippen molar-refractivity contribution in [2.24, 2.45) is 0 Å². The molecule has 1 rings (SSSR count). The lowest BCUT2D eigenvalue weighted by atomic mass is 10.1. The molecule has 0 saturated heterocycles. The summed E-state index contributed by atoms with van der Waals surface area (Å²) in [7, 11) is -1.87. The molecule has 0 aromatic heterocycles. The molecule has 0 N–H and O–H groups in total. The summed E-state index contributed by atoms with van der Waals surface area (Å²) in [5, 5.41) is 8.63. The molecule has 5 heteroatoms. The van der Waals surface area contributed by atoms with Gasteiger partial charge in [0, 0.05) is 11.8 Å². The van der Waals surface area contributed by atoms with Crippen LogP contribution in [-0.2, 0) is 16.3 Å². The maximum absolute atomic E-state index is 11.4. The van der Waals surface area contributed by atoms with E-state index >= 15 is 0 Å². The molecule has 0 bridgehead atoms. The van der Waals surface area contributed by atoms with Crippen LogP contribution in [0.3, 0.4) is 0 Å². The van der Waals surface area contributed by atoms with Crippen LogP contribution in [0.5, 0.6) is 5.75 Å². The highest BCUT2D eigenvalue weighted by Gasteiger charge is 2.16. The standard InChI is InChI=1S/C10H11NO3S/c1-14-9-4-3-5-10(15(2,12)13)8(9)6-7-11/h3-5H,6H2,1-2H3. The summed E-state index contributed by atoms with van der Waals surface area (Å²) < 4.78 is 27.9. The Labute approximate surface area is 89.0 Å². The second kappa shape index (κ2) is 4.32. The van der Waals surface area contributed by atoms with Gasteiger partial charge in [-0.3, -0.25) is 0 Å². The zero-order valence-electron chi connectivity index (χ0n) is 8.52. The molecule has 1 aromatic carbocycles. The van der Waals surface area contributed by atoms with Gasteiger partial charge in [0.05, 0.1) is 24.5 Å². The minimum atomic E-state index is -3.32. The van der Waals surface area contributed by atoms with Crippen LogP contribution in [0.1, 0.15) is 5.56 Å². The summed E-state index contributed by atoms with van der Waals surface area (Å²) in [6, 6.07) is 6.64. The molecule has 0 amide bonds. The fourth-order valence-electron chi connectivity index (χ4n) is 1.34. The Morgan fingerprint density at radius 2 is 2.13 bits per heavy atom. The molecule has 0 spiro atoms. The zero-order valence-corrected chi connectivity index (χ0v) is 9.34. The topological polar surface area (TPSA) is 67.2 Å². The highest BCUT2D eigenvalue weighted by atomic mass is 32.2. The highest BCUT2D eigenvalue weighted by Crippen LogP contribution is 2.25. The first-order valence-corrected chi connectivity index (χ1v) is 6.12. The number of hydrogen-bond donors (Lipinski definition) is 0. The van der Waals surface area contributed by atoms with Crippen molar-refractivity contribution in [1.29, 1.82) is 5.26 Å². The van der Waals surface area contributed by atoms with Crippen LogP contribution >= 0.6 is 0 Å². The van der Waals surface area contributed by atoms with E-state index in [1.54, 1.807) is 12.1 Å². The van der Waals surface area contributed by atoms with E-state index in [2.05, 4.69) is 0 Å². The smallest absolute Gasteiger partial charge is 0.175 e. The summed E-state index contributed by atoms with van der Waals surface area (Å²) in [6.07, 6.45) is 1.13. The van der Waals surface area contributed by atoms with Gasteiger partial charge in [-0.25, -0.2) is 8.42 Å². The number of benzene rings is 1. The van der Waals surface area contributed by atoms with E-state index in [1.165, 1.54) is 13.2 Å². The van der Waals surface area contributed by atoms with Gasteiger partial charge in [-0.1, -0.05) is 6.07 Å². The number of sulfone groups is 1. The van der Waals surface area contributed by atoms with Gasteiger partial charge in [-0.15, -0.1) is 0 Å². The Hall–Kier alpha value is -1.54. The largest absolute Gasteiger partial charge is 0.496 e. The summed E-state index contributed by atoms with van der Waals surface area (Å²) in [4.78, 5) is 0.156. The molecule has 0 saturated carbocycles. The molecular weight excluding hydrogens is 214 g/mol. The Balaban J connectivity index is 3.47. The Kier molecular flexibility index (Phi) is 3.32. The summed E-state index contributed by atoms with van der Waals surface area (Å²) in [5.74, 6) is 0.430. The molecule has 0 heterocycles. The number of ether oxygens (including phenoxy) is 1. The third kappa shape index (κ3) is 2.48. The normalized spacial score (nSPS) is 10.7. The van der Waals surface area contributed by atoms with Crippen LogP contribution in [0.4, 0.5) is 0 Å². The van der Waals surface area contributed by atoms with Gasteiger partial charge in [-0.2, -0.15) is 5.26 Å². The molecule has 0 aliphatic heterocycles. The molecule has 80 valence electrons. The van der Waals surface area contributed by atoms with Crippen molar-refractivity contribution < 1.29 is 13.2 Å². The lowest BCUT2D eigenvalue weighted by Gasteiger charge is -2.09. The molecule has 4 nitrogen and oxygen atoms in total.